The lowest BCUT2D eigenvalue weighted by atomic mass is 9.32. The predicted molar refractivity (Wildman–Crippen MR) is 132 cm³/mol. The first-order valence-electron chi connectivity index (χ1n) is 14.0. The summed E-state index contributed by atoms with van der Waals surface area (Å²) in [7, 11) is 0. The van der Waals surface area contributed by atoms with Crippen molar-refractivity contribution in [2.45, 2.75) is 111 Å². The van der Waals surface area contributed by atoms with Crippen LogP contribution in [0.4, 0.5) is 0 Å². The highest BCUT2D eigenvalue weighted by molar-refractivity contribution is 5.34. The van der Waals surface area contributed by atoms with Crippen LogP contribution in [0.5, 0.6) is 0 Å². The van der Waals surface area contributed by atoms with Crippen molar-refractivity contribution in [1.82, 2.24) is 0 Å². The maximum Gasteiger partial charge on any atom is 0.0955 e. The number of allylic oxidation sites excluding steroid dienone is 1. The third-order valence-corrected chi connectivity index (χ3v) is 13.7. The van der Waals surface area contributed by atoms with Gasteiger partial charge in [-0.25, -0.2) is 0 Å². The molecule has 33 heavy (non-hydrogen) atoms. The Hall–Kier alpha value is -0.380. The molecule has 1 saturated heterocycles. The Kier molecular flexibility index (Phi) is 4.53. The van der Waals surface area contributed by atoms with Crippen LogP contribution in [-0.2, 0) is 4.74 Å². The number of aliphatic hydroxyl groups excluding tert-OH is 2. The highest BCUT2D eigenvalue weighted by atomic mass is 16.5. The highest BCUT2D eigenvalue weighted by Gasteiger charge is 2.77. The molecule has 3 heteroatoms. The Morgan fingerprint density at radius 1 is 0.879 bits per heavy atom. The summed E-state index contributed by atoms with van der Waals surface area (Å²) in [5.74, 6) is 1.48. The molecule has 2 bridgehead atoms. The molecule has 1 spiro atoms. The summed E-state index contributed by atoms with van der Waals surface area (Å²) in [5.41, 5.74) is 0.729. The molecule has 4 saturated carbocycles. The third kappa shape index (κ3) is 2.44. The van der Waals surface area contributed by atoms with Crippen LogP contribution >= 0.6 is 0 Å². The number of ether oxygens (including phenoxy) is 1. The van der Waals surface area contributed by atoms with Gasteiger partial charge >= 0.3 is 0 Å². The number of fused-ring (bicyclic) bond motifs is 4. The minimum atomic E-state index is -0.392. The quantitative estimate of drug-likeness (QED) is 0.467. The fourth-order valence-corrected chi connectivity index (χ4v) is 11.3. The topological polar surface area (TPSA) is 49.7 Å². The minimum Gasteiger partial charge on any atom is -0.396 e. The fraction of sp³-hybridized carbons (Fsp3) is 0.933. The van der Waals surface area contributed by atoms with Crippen molar-refractivity contribution in [1.29, 1.82) is 0 Å². The van der Waals surface area contributed by atoms with E-state index < -0.39 is 11.5 Å². The summed E-state index contributed by atoms with van der Waals surface area (Å²) >= 11 is 0. The van der Waals surface area contributed by atoms with Crippen LogP contribution in [0, 0.1) is 50.2 Å². The molecule has 0 aromatic carbocycles. The largest absolute Gasteiger partial charge is 0.396 e. The average Bonchev–Trinajstić information content (AvgIpc) is 3.00. The molecule has 1 aliphatic heterocycles. The Labute approximate surface area is 201 Å². The number of hydrogen-bond acceptors (Lipinski definition) is 3. The van der Waals surface area contributed by atoms with Gasteiger partial charge in [0.15, 0.2) is 0 Å². The molecule has 6 rings (SSSR count). The molecule has 10 atom stereocenters. The van der Waals surface area contributed by atoms with E-state index in [1.54, 1.807) is 0 Å². The molecular weight excluding hydrogens is 408 g/mol. The number of rotatable bonds is 1. The van der Waals surface area contributed by atoms with Crippen molar-refractivity contribution in [3.63, 3.8) is 0 Å². The fourth-order valence-electron chi connectivity index (χ4n) is 11.3. The lowest BCUT2D eigenvalue weighted by Gasteiger charge is -2.72. The second kappa shape index (κ2) is 6.48. The minimum absolute atomic E-state index is 0.0889. The summed E-state index contributed by atoms with van der Waals surface area (Å²) < 4.78 is 7.10. The second-order valence-electron chi connectivity index (χ2n) is 15.3. The highest BCUT2D eigenvalue weighted by Crippen LogP contribution is 2.79. The zero-order chi connectivity index (χ0) is 23.7. The van der Waals surface area contributed by atoms with E-state index in [4.69, 9.17) is 4.74 Å². The maximum absolute atomic E-state index is 10.9. The number of aliphatic hydroxyl groups is 2. The molecule has 5 aliphatic carbocycles. The van der Waals surface area contributed by atoms with Gasteiger partial charge in [0, 0.05) is 16.7 Å². The molecular formula is C30H48O3. The first-order chi connectivity index (χ1) is 15.3. The van der Waals surface area contributed by atoms with Crippen LogP contribution in [-0.4, -0.2) is 35.1 Å². The summed E-state index contributed by atoms with van der Waals surface area (Å²) in [6.07, 6.45) is 15.5. The smallest absolute Gasteiger partial charge is 0.0955 e. The van der Waals surface area contributed by atoms with Crippen LogP contribution in [0.25, 0.3) is 0 Å². The zero-order valence-electron chi connectivity index (χ0n) is 22.0. The lowest BCUT2D eigenvalue weighted by molar-refractivity contribution is -0.248. The Morgan fingerprint density at radius 2 is 1.61 bits per heavy atom. The molecule has 5 fully saturated rings. The third-order valence-electron chi connectivity index (χ3n) is 13.7. The van der Waals surface area contributed by atoms with Crippen LogP contribution < -0.4 is 0 Å². The van der Waals surface area contributed by atoms with Crippen molar-refractivity contribution in [3.8, 4) is 0 Å². The van der Waals surface area contributed by atoms with E-state index in [0.29, 0.717) is 28.6 Å². The number of hydrogen-bond donors (Lipinski definition) is 2. The Bertz CT molecular complexity index is 880. The summed E-state index contributed by atoms with van der Waals surface area (Å²) in [6.45, 7) is 15.9. The summed E-state index contributed by atoms with van der Waals surface area (Å²) in [6, 6.07) is 0. The normalized spacial score (nSPS) is 61.0. The van der Waals surface area contributed by atoms with Gasteiger partial charge in [0.05, 0.1) is 24.9 Å². The van der Waals surface area contributed by atoms with E-state index >= 15 is 0 Å². The van der Waals surface area contributed by atoms with E-state index in [0.717, 1.165) is 25.9 Å². The van der Waals surface area contributed by atoms with Gasteiger partial charge in [0.25, 0.3) is 0 Å². The summed E-state index contributed by atoms with van der Waals surface area (Å²) in [5, 5.41) is 21.4. The summed E-state index contributed by atoms with van der Waals surface area (Å²) in [4.78, 5) is 0. The zero-order valence-corrected chi connectivity index (χ0v) is 22.0. The molecule has 0 amide bonds. The Balaban J connectivity index is 1.47. The average molecular weight is 457 g/mol. The molecule has 0 radical (unpaired) electrons. The molecule has 6 aliphatic rings. The van der Waals surface area contributed by atoms with E-state index in [9.17, 15) is 10.2 Å². The van der Waals surface area contributed by atoms with E-state index in [1.165, 1.54) is 38.5 Å². The lowest BCUT2D eigenvalue weighted by Crippen LogP contribution is -2.70. The van der Waals surface area contributed by atoms with Crippen molar-refractivity contribution < 1.29 is 14.9 Å². The SMILES string of the molecule is CC1(C)CC[C@@]23CC[C@]4(C)[C@@](C=C[C@@H]5[C@@]6(C)CC[C@H](O)[C@@](C)(CO)[C@@H]6CC[C@]54C)(OC2)[C@@H]3C1. The van der Waals surface area contributed by atoms with Gasteiger partial charge in [-0.05, 0) is 91.3 Å². The molecule has 0 aromatic rings. The van der Waals surface area contributed by atoms with E-state index in [2.05, 4.69) is 53.7 Å². The second-order valence-corrected chi connectivity index (χ2v) is 15.3. The van der Waals surface area contributed by atoms with Crippen molar-refractivity contribution >= 4 is 0 Å². The molecule has 1 heterocycles. The molecule has 2 N–H and O–H groups in total. The van der Waals surface area contributed by atoms with Crippen molar-refractivity contribution in [3.05, 3.63) is 12.2 Å². The maximum atomic E-state index is 10.9. The van der Waals surface area contributed by atoms with E-state index in [-0.39, 0.29) is 28.5 Å². The van der Waals surface area contributed by atoms with Gasteiger partial charge in [-0.1, -0.05) is 53.7 Å². The van der Waals surface area contributed by atoms with E-state index in [1.807, 2.05) is 0 Å². The van der Waals surface area contributed by atoms with Crippen molar-refractivity contribution in [2.75, 3.05) is 13.2 Å². The van der Waals surface area contributed by atoms with Gasteiger partial charge in [-0.2, -0.15) is 0 Å². The Morgan fingerprint density at radius 3 is 2.33 bits per heavy atom. The molecule has 3 nitrogen and oxygen atoms in total. The van der Waals surface area contributed by atoms with Gasteiger partial charge < -0.3 is 14.9 Å². The monoisotopic (exact) mass is 456 g/mol. The van der Waals surface area contributed by atoms with Crippen LogP contribution in [0.2, 0.25) is 0 Å². The van der Waals surface area contributed by atoms with Crippen LogP contribution in [0.3, 0.4) is 0 Å². The standard InChI is InChI=1S/C30H48O3/c1-24(2)13-15-29-16-14-28(6)27(5)11-7-20-25(3,10-9-23(32)26(20,4)18-31)21(27)8-12-30(28,33-19-29)22(29)17-24/h8,12,20-23,31-32H,7,9-11,13-19H2,1-6H3/t20-,21-,22-,23+,25+,26+,27-,28+,29-,30+/m1/s1. The van der Waals surface area contributed by atoms with Gasteiger partial charge in [0.1, 0.15) is 0 Å². The van der Waals surface area contributed by atoms with Crippen molar-refractivity contribution in [2.24, 2.45) is 50.2 Å². The van der Waals surface area contributed by atoms with Crippen LogP contribution in [0.1, 0.15) is 99.3 Å². The predicted octanol–water partition coefficient (Wildman–Crippen LogP) is 6.13. The first-order valence-corrected chi connectivity index (χ1v) is 14.0. The molecule has 0 aromatic heterocycles. The first kappa shape index (κ1) is 23.0. The molecule has 186 valence electrons. The van der Waals surface area contributed by atoms with Gasteiger partial charge in [-0.3, -0.25) is 0 Å². The molecule has 0 unspecified atom stereocenters. The van der Waals surface area contributed by atoms with Gasteiger partial charge in [0.2, 0.25) is 0 Å². The van der Waals surface area contributed by atoms with Gasteiger partial charge in [-0.15, -0.1) is 0 Å². The van der Waals surface area contributed by atoms with Crippen LogP contribution in [0.15, 0.2) is 12.2 Å².